The average molecular weight is 274 g/mol. The Morgan fingerprint density at radius 3 is 3.24 bits per heavy atom. The molecule has 0 aromatic carbocycles. The van der Waals surface area contributed by atoms with Crippen LogP contribution in [0.4, 0.5) is 0 Å². The summed E-state index contributed by atoms with van der Waals surface area (Å²) in [5.74, 6) is 7.63. The number of ether oxygens (including phenoxy) is 1. The number of thioether (sulfide) groups is 1. The van der Waals surface area contributed by atoms with Crippen molar-refractivity contribution >= 4 is 23.4 Å². The number of nitrogens with one attached hydrogen (secondary N) is 1. The van der Waals surface area contributed by atoms with Gasteiger partial charge < -0.3 is 4.74 Å². The summed E-state index contributed by atoms with van der Waals surface area (Å²) in [7, 11) is 0. The first-order valence-electron chi connectivity index (χ1n) is 5.55. The van der Waals surface area contributed by atoms with Gasteiger partial charge in [0.1, 0.15) is 0 Å². The molecule has 0 spiro atoms. The lowest BCUT2D eigenvalue weighted by Crippen LogP contribution is -2.49. The summed E-state index contributed by atoms with van der Waals surface area (Å²) < 4.78 is 5.72. The van der Waals surface area contributed by atoms with Crippen LogP contribution in [0.2, 0.25) is 5.02 Å². The predicted octanol–water partition coefficient (Wildman–Crippen LogP) is 1.24. The van der Waals surface area contributed by atoms with Crippen molar-refractivity contribution < 1.29 is 4.74 Å². The van der Waals surface area contributed by atoms with Gasteiger partial charge in [0.25, 0.3) is 0 Å². The van der Waals surface area contributed by atoms with Gasteiger partial charge in [0, 0.05) is 23.9 Å². The summed E-state index contributed by atoms with van der Waals surface area (Å²) in [6.45, 7) is 0.789. The molecule has 1 aromatic rings. The van der Waals surface area contributed by atoms with Gasteiger partial charge in [0.05, 0.1) is 23.8 Å². The van der Waals surface area contributed by atoms with Gasteiger partial charge in [0.15, 0.2) is 0 Å². The molecule has 1 aliphatic heterocycles. The highest BCUT2D eigenvalue weighted by molar-refractivity contribution is 7.99. The summed E-state index contributed by atoms with van der Waals surface area (Å²) >= 11 is 7.98. The van der Waals surface area contributed by atoms with Crippen LogP contribution in [0.15, 0.2) is 18.5 Å². The van der Waals surface area contributed by atoms with E-state index in [2.05, 4.69) is 10.4 Å². The third-order valence-electron chi connectivity index (χ3n) is 2.80. The number of halogens is 1. The van der Waals surface area contributed by atoms with Crippen LogP contribution >= 0.6 is 23.4 Å². The summed E-state index contributed by atoms with van der Waals surface area (Å²) in [6.07, 6.45) is 4.29. The number of hydrazine groups is 1. The number of hydrogen-bond donors (Lipinski definition) is 2. The second kappa shape index (κ2) is 6.56. The zero-order chi connectivity index (χ0) is 12.1. The maximum absolute atomic E-state index is 6.09. The van der Waals surface area contributed by atoms with Gasteiger partial charge in [-0.15, -0.1) is 0 Å². The Balaban J connectivity index is 2.01. The third kappa shape index (κ3) is 3.56. The lowest BCUT2D eigenvalue weighted by molar-refractivity contribution is 0.0472. The smallest absolute Gasteiger partial charge is 0.0835 e. The van der Waals surface area contributed by atoms with E-state index in [1.807, 2.05) is 17.8 Å². The van der Waals surface area contributed by atoms with Crippen LogP contribution in [0.5, 0.6) is 0 Å². The maximum Gasteiger partial charge on any atom is 0.0835 e. The molecule has 1 aromatic heterocycles. The second-order valence-corrected chi connectivity index (χ2v) is 5.49. The number of hydrogen-bond acceptors (Lipinski definition) is 5. The summed E-state index contributed by atoms with van der Waals surface area (Å²) in [5, 5.41) is 0.677. The number of aromatic nitrogens is 1. The minimum atomic E-state index is 0.0858. The highest BCUT2D eigenvalue weighted by atomic mass is 35.5. The zero-order valence-electron chi connectivity index (χ0n) is 9.43. The van der Waals surface area contributed by atoms with E-state index in [0.717, 1.165) is 30.1 Å². The Morgan fingerprint density at radius 1 is 1.71 bits per heavy atom. The molecule has 0 bridgehead atoms. The first kappa shape index (κ1) is 13.1. The largest absolute Gasteiger partial charge is 0.375 e. The van der Waals surface area contributed by atoms with Crippen LogP contribution in [-0.2, 0) is 11.2 Å². The number of pyridine rings is 1. The minimum absolute atomic E-state index is 0.0858. The molecule has 1 saturated heterocycles. The van der Waals surface area contributed by atoms with Crippen LogP contribution in [0, 0.1) is 0 Å². The predicted molar refractivity (Wildman–Crippen MR) is 71.1 cm³/mol. The zero-order valence-corrected chi connectivity index (χ0v) is 11.0. The molecule has 3 N–H and O–H groups in total. The molecule has 0 saturated carbocycles. The van der Waals surface area contributed by atoms with Crippen molar-refractivity contribution in [1.29, 1.82) is 0 Å². The molecule has 17 heavy (non-hydrogen) atoms. The van der Waals surface area contributed by atoms with E-state index in [9.17, 15) is 0 Å². The van der Waals surface area contributed by atoms with Gasteiger partial charge in [-0.2, -0.15) is 11.8 Å². The van der Waals surface area contributed by atoms with Gasteiger partial charge >= 0.3 is 0 Å². The Labute approximate surface area is 110 Å². The van der Waals surface area contributed by atoms with E-state index in [4.69, 9.17) is 22.2 Å². The molecule has 6 heteroatoms. The number of nitrogens with two attached hydrogens (primary N) is 1. The SMILES string of the molecule is NNC(Cc1ccncc1Cl)C1CSCCO1. The maximum atomic E-state index is 6.09. The molecular formula is C11H16ClN3OS. The molecule has 1 fully saturated rings. The molecule has 0 radical (unpaired) electrons. The van der Waals surface area contributed by atoms with Crippen LogP contribution in [0.1, 0.15) is 5.56 Å². The molecule has 0 amide bonds. The normalized spacial score (nSPS) is 22.4. The Bertz CT molecular complexity index is 360. The van der Waals surface area contributed by atoms with Crippen molar-refractivity contribution in [3.63, 3.8) is 0 Å². The Hall–Kier alpha value is -0.330. The van der Waals surface area contributed by atoms with E-state index in [0.29, 0.717) is 5.02 Å². The van der Waals surface area contributed by atoms with E-state index in [-0.39, 0.29) is 12.1 Å². The first-order chi connectivity index (χ1) is 8.31. The molecule has 94 valence electrons. The van der Waals surface area contributed by atoms with Crippen LogP contribution in [0.25, 0.3) is 0 Å². The van der Waals surface area contributed by atoms with Crippen LogP contribution in [-0.4, -0.2) is 35.2 Å². The molecule has 2 rings (SSSR count). The molecule has 4 nitrogen and oxygen atoms in total. The van der Waals surface area contributed by atoms with Crippen molar-refractivity contribution in [2.24, 2.45) is 5.84 Å². The fourth-order valence-corrected chi connectivity index (χ4v) is 2.98. The van der Waals surface area contributed by atoms with Gasteiger partial charge in [-0.1, -0.05) is 11.6 Å². The highest BCUT2D eigenvalue weighted by Gasteiger charge is 2.24. The van der Waals surface area contributed by atoms with Crippen LogP contribution in [0.3, 0.4) is 0 Å². The van der Waals surface area contributed by atoms with Crippen molar-refractivity contribution in [3.05, 3.63) is 29.0 Å². The molecule has 1 aliphatic rings. The lowest BCUT2D eigenvalue weighted by atomic mass is 10.0. The summed E-state index contributed by atoms with van der Waals surface area (Å²) in [5.41, 5.74) is 3.88. The van der Waals surface area contributed by atoms with Crippen LogP contribution < -0.4 is 11.3 Å². The van der Waals surface area contributed by atoms with E-state index < -0.39 is 0 Å². The Kier molecular flexibility index (Phi) is 5.06. The third-order valence-corrected chi connectivity index (χ3v) is 4.16. The minimum Gasteiger partial charge on any atom is -0.375 e. The monoisotopic (exact) mass is 273 g/mol. The quantitative estimate of drug-likeness (QED) is 0.639. The molecule has 2 atom stereocenters. The fourth-order valence-electron chi connectivity index (χ4n) is 1.84. The first-order valence-corrected chi connectivity index (χ1v) is 7.08. The second-order valence-electron chi connectivity index (χ2n) is 3.93. The van der Waals surface area contributed by atoms with E-state index in [1.165, 1.54) is 0 Å². The number of rotatable bonds is 4. The highest BCUT2D eigenvalue weighted by Crippen LogP contribution is 2.20. The molecule has 2 heterocycles. The van der Waals surface area contributed by atoms with Gasteiger partial charge in [-0.3, -0.25) is 16.3 Å². The van der Waals surface area contributed by atoms with Crippen molar-refractivity contribution in [2.75, 3.05) is 18.1 Å². The van der Waals surface area contributed by atoms with Crippen molar-refractivity contribution in [3.8, 4) is 0 Å². The lowest BCUT2D eigenvalue weighted by Gasteiger charge is -2.29. The van der Waals surface area contributed by atoms with E-state index in [1.54, 1.807) is 12.4 Å². The summed E-state index contributed by atoms with van der Waals surface area (Å²) in [6, 6.07) is 2.01. The van der Waals surface area contributed by atoms with Gasteiger partial charge in [-0.05, 0) is 18.1 Å². The topological polar surface area (TPSA) is 60.2 Å². The summed E-state index contributed by atoms with van der Waals surface area (Å²) in [4.78, 5) is 3.97. The molecule has 0 aliphatic carbocycles. The van der Waals surface area contributed by atoms with Crippen molar-refractivity contribution in [1.82, 2.24) is 10.4 Å². The van der Waals surface area contributed by atoms with Gasteiger partial charge in [0.2, 0.25) is 0 Å². The standard InChI is InChI=1S/C11H16ClN3OS/c12-9-6-14-2-1-8(9)5-10(15-13)11-7-17-4-3-16-11/h1-2,6,10-11,15H,3-5,7,13H2. The average Bonchev–Trinajstić information content (AvgIpc) is 2.39. The molecular weight excluding hydrogens is 258 g/mol. The fraction of sp³-hybridized carbons (Fsp3) is 0.545. The number of nitrogens with zero attached hydrogens (tertiary/aromatic N) is 1. The van der Waals surface area contributed by atoms with Gasteiger partial charge in [-0.25, -0.2) is 0 Å². The van der Waals surface area contributed by atoms with E-state index >= 15 is 0 Å². The van der Waals surface area contributed by atoms with Crippen molar-refractivity contribution in [2.45, 2.75) is 18.6 Å². The molecule has 2 unspecified atom stereocenters. The Morgan fingerprint density at radius 2 is 2.59 bits per heavy atom.